The fraction of sp³-hybridized carbons (Fsp3) is 0.222. The van der Waals surface area contributed by atoms with Gasteiger partial charge in [-0.25, -0.2) is 12.7 Å². The van der Waals surface area contributed by atoms with Crippen molar-refractivity contribution in [3.05, 3.63) is 60.2 Å². The van der Waals surface area contributed by atoms with Gasteiger partial charge in [0, 0.05) is 0 Å². The SMILES string of the molecule is O=C(CCOc1ccccc1)OCCN1C(=O)c2ccccc2S1(=O)=O. The molecule has 136 valence electrons. The molecule has 1 amide bonds. The number of amides is 1. The molecule has 2 aromatic carbocycles. The first kappa shape index (κ1) is 17.9. The largest absolute Gasteiger partial charge is 0.493 e. The van der Waals surface area contributed by atoms with E-state index in [1.165, 1.54) is 12.1 Å². The summed E-state index contributed by atoms with van der Waals surface area (Å²) in [5.41, 5.74) is 0.134. The fourth-order valence-corrected chi connectivity index (χ4v) is 4.09. The monoisotopic (exact) mass is 375 g/mol. The minimum Gasteiger partial charge on any atom is -0.493 e. The molecule has 0 spiro atoms. The van der Waals surface area contributed by atoms with Gasteiger partial charge in [0.05, 0.1) is 25.1 Å². The van der Waals surface area contributed by atoms with Gasteiger partial charge in [-0.15, -0.1) is 0 Å². The molecule has 26 heavy (non-hydrogen) atoms. The molecule has 0 fully saturated rings. The molecule has 1 aliphatic rings. The van der Waals surface area contributed by atoms with E-state index in [0.717, 1.165) is 4.31 Å². The van der Waals surface area contributed by atoms with E-state index in [2.05, 4.69) is 0 Å². The number of nitrogens with zero attached hydrogens (tertiary/aromatic N) is 1. The van der Waals surface area contributed by atoms with E-state index in [4.69, 9.17) is 9.47 Å². The number of para-hydroxylation sites is 1. The van der Waals surface area contributed by atoms with Crippen LogP contribution in [0.15, 0.2) is 59.5 Å². The summed E-state index contributed by atoms with van der Waals surface area (Å²) in [5.74, 6) is -0.488. The minimum absolute atomic E-state index is 0.0208. The Labute approximate surface area is 151 Å². The molecule has 7 nitrogen and oxygen atoms in total. The third-order valence-corrected chi connectivity index (χ3v) is 5.63. The Morgan fingerprint density at radius 2 is 1.65 bits per heavy atom. The molecule has 8 heteroatoms. The number of esters is 1. The van der Waals surface area contributed by atoms with Gasteiger partial charge in [-0.3, -0.25) is 9.59 Å². The predicted octanol–water partition coefficient (Wildman–Crippen LogP) is 1.84. The number of ether oxygens (including phenoxy) is 2. The van der Waals surface area contributed by atoms with Crippen LogP contribution in [0.5, 0.6) is 5.75 Å². The van der Waals surface area contributed by atoms with Crippen molar-refractivity contribution < 1.29 is 27.5 Å². The lowest BCUT2D eigenvalue weighted by Gasteiger charge is -2.15. The summed E-state index contributed by atoms with van der Waals surface area (Å²) in [5, 5.41) is 0. The van der Waals surface area contributed by atoms with Gasteiger partial charge < -0.3 is 9.47 Å². The summed E-state index contributed by atoms with van der Waals surface area (Å²) in [6.45, 7) is -0.278. The summed E-state index contributed by atoms with van der Waals surface area (Å²) in [6, 6.07) is 15.0. The zero-order valence-electron chi connectivity index (χ0n) is 13.8. The van der Waals surface area contributed by atoms with Gasteiger partial charge in [-0.05, 0) is 24.3 Å². The average Bonchev–Trinajstić information content (AvgIpc) is 2.84. The van der Waals surface area contributed by atoms with Crippen LogP contribution in [-0.2, 0) is 19.6 Å². The van der Waals surface area contributed by atoms with Crippen molar-refractivity contribution in [2.45, 2.75) is 11.3 Å². The maximum absolute atomic E-state index is 12.3. The van der Waals surface area contributed by atoms with Crippen LogP contribution in [0.4, 0.5) is 0 Å². The number of fused-ring (bicyclic) bond motifs is 1. The van der Waals surface area contributed by atoms with E-state index in [1.54, 1.807) is 24.3 Å². The van der Waals surface area contributed by atoms with Gasteiger partial charge in [0.15, 0.2) is 0 Å². The highest BCUT2D eigenvalue weighted by molar-refractivity contribution is 7.90. The van der Waals surface area contributed by atoms with Crippen molar-refractivity contribution in [3.8, 4) is 5.75 Å². The third kappa shape index (κ3) is 3.70. The van der Waals surface area contributed by atoms with Crippen molar-refractivity contribution in [2.24, 2.45) is 0 Å². The lowest BCUT2D eigenvalue weighted by Crippen LogP contribution is -2.33. The summed E-state index contributed by atoms with van der Waals surface area (Å²) in [7, 11) is -3.88. The van der Waals surface area contributed by atoms with E-state index < -0.39 is 21.9 Å². The Kier molecular flexibility index (Phi) is 5.22. The van der Waals surface area contributed by atoms with Crippen LogP contribution in [0.25, 0.3) is 0 Å². The fourth-order valence-electron chi connectivity index (χ4n) is 2.54. The topological polar surface area (TPSA) is 90.0 Å². The lowest BCUT2D eigenvalue weighted by atomic mass is 10.2. The number of benzene rings is 2. The van der Waals surface area contributed by atoms with Gasteiger partial charge in [-0.2, -0.15) is 0 Å². The molecule has 0 N–H and O–H groups in total. The molecule has 2 aromatic rings. The first-order valence-electron chi connectivity index (χ1n) is 8.00. The van der Waals surface area contributed by atoms with E-state index in [0.29, 0.717) is 5.75 Å². The molecule has 3 rings (SSSR count). The number of sulfonamides is 1. The normalized spacial score (nSPS) is 14.8. The van der Waals surface area contributed by atoms with E-state index >= 15 is 0 Å². The molecule has 0 aliphatic carbocycles. The second-order valence-electron chi connectivity index (χ2n) is 5.51. The summed E-state index contributed by atoms with van der Waals surface area (Å²) < 4.78 is 35.8. The number of hydrogen-bond donors (Lipinski definition) is 0. The molecular weight excluding hydrogens is 358 g/mol. The molecule has 0 saturated carbocycles. The first-order valence-corrected chi connectivity index (χ1v) is 9.44. The van der Waals surface area contributed by atoms with Gasteiger partial charge in [0.1, 0.15) is 17.3 Å². The standard InChI is InChI=1S/C18H17NO6S/c20-17(10-12-24-14-6-2-1-3-7-14)25-13-11-19-18(21)15-8-4-5-9-16(15)26(19,22)23/h1-9H,10-13H2. The molecule has 0 bridgehead atoms. The molecule has 0 aromatic heterocycles. The second-order valence-corrected chi connectivity index (χ2v) is 7.34. The molecular formula is C18H17NO6S. The van der Waals surface area contributed by atoms with E-state index in [-0.39, 0.29) is 36.6 Å². The summed E-state index contributed by atoms with van der Waals surface area (Å²) >= 11 is 0. The highest BCUT2D eigenvalue weighted by Crippen LogP contribution is 2.29. The molecule has 0 radical (unpaired) electrons. The van der Waals surface area contributed by atoms with Crippen molar-refractivity contribution in [3.63, 3.8) is 0 Å². The Balaban J connectivity index is 1.46. The highest BCUT2D eigenvalue weighted by atomic mass is 32.2. The van der Waals surface area contributed by atoms with Gasteiger partial charge in [-0.1, -0.05) is 30.3 Å². The quantitative estimate of drug-likeness (QED) is 0.686. The van der Waals surface area contributed by atoms with Gasteiger partial charge in [0.2, 0.25) is 0 Å². The number of hydrogen-bond acceptors (Lipinski definition) is 6. The van der Waals surface area contributed by atoms with Gasteiger partial charge in [0.25, 0.3) is 15.9 Å². The van der Waals surface area contributed by atoms with E-state index in [1.807, 2.05) is 18.2 Å². The number of carbonyl (C=O) groups excluding carboxylic acids is 2. The number of rotatable bonds is 7. The Morgan fingerprint density at radius 1 is 0.962 bits per heavy atom. The van der Waals surface area contributed by atoms with Crippen LogP contribution in [0.3, 0.4) is 0 Å². The summed E-state index contributed by atoms with van der Waals surface area (Å²) in [4.78, 5) is 23.9. The third-order valence-electron chi connectivity index (χ3n) is 3.79. The van der Waals surface area contributed by atoms with Crippen LogP contribution in [0, 0.1) is 0 Å². The number of carbonyl (C=O) groups is 2. The highest BCUT2D eigenvalue weighted by Gasteiger charge is 2.40. The van der Waals surface area contributed by atoms with Crippen molar-refractivity contribution in [2.75, 3.05) is 19.8 Å². The van der Waals surface area contributed by atoms with Crippen molar-refractivity contribution in [1.29, 1.82) is 0 Å². The zero-order chi connectivity index (χ0) is 18.6. The minimum atomic E-state index is -3.88. The van der Waals surface area contributed by atoms with Crippen molar-refractivity contribution in [1.82, 2.24) is 4.31 Å². The predicted molar refractivity (Wildman–Crippen MR) is 92.2 cm³/mol. The maximum Gasteiger partial charge on any atom is 0.309 e. The zero-order valence-corrected chi connectivity index (χ0v) is 14.6. The van der Waals surface area contributed by atoms with E-state index in [9.17, 15) is 18.0 Å². The first-order chi connectivity index (χ1) is 12.5. The van der Waals surface area contributed by atoms with Crippen LogP contribution in [0.2, 0.25) is 0 Å². The van der Waals surface area contributed by atoms with Gasteiger partial charge >= 0.3 is 5.97 Å². The molecule has 1 aliphatic heterocycles. The lowest BCUT2D eigenvalue weighted by molar-refractivity contribution is -0.144. The molecule has 0 saturated heterocycles. The smallest absolute Gasteiger partial charge is 0.309 e. The van der Waals surface area contributed by atoms with Crippen LogP contribution in [0.1, 0.15) is 16.8 Å². The maximum atomic E-state index is 12.3. The van der Waals surface area contributed by atoms with Crippen LogP contribution >= 0.6 is 0 Å². The Morgan fingerprint density at radius 3 is 2.38 bits per heavy atom. The second kappa shape index (κ2) is 7.57. The average molecular weight is 375 g/mol. The molecule has 0 atom stereocenters. The molecule has 1 heterocycles. The Bertz CT molecular complexity index is 910. The van der Waals surface area contributed by atoms with Crippen LogP contribution in [-0.4, -0.2) is 44.4 Å². The summed E-state index contributed by atoms with van der Waals surface area (Å²) in [6.07, 6.45) is 0.0236. The van der Waals surface area contributed by atoms with Crippen LogP contribution < -0.4 is 4.74 Å². The molecule has 0 unspecified atom stereocenters. The Hall–Kier alpha value is -2.87. The van der Waals surface area contributed by atoms with Crippen molar-refractivity contribution >= 4 is 21.9 Å².